The molecule has 8 nitrogen and oxygen atoms in total. The number of ether oxygens (including phenoxy) is 3. The highest BCUT2D eigenvalue weighted by atomic mass is 16.7. The molecular weight excluding hydrogens is 460 g/mol. The van der Waals surface area contributed by atoms with Gasteiger partial charge in [0, 0.05) is 5.69 Å². The van der Waals surface area contributed by atoms with Crippen molar-refractivity contribution in [2.24, 2.45) is 0 Å². The van der Waals surface area contributed by atoms with Gasteiger partial charge in [0.25, 0.3) is 0 Å². The van der Waals surface area contributed by atoms with Gasteiger partial charge in [-0.1, -0.05) is 65.7 Å². The lowest BCUT2D eigenvalue weighted by molar-refractivity contribution is -0.177. The van der Waals surface area contributed by atoms with Crippen LogP contribution >= 0.6 is 0 Å². The average molecular weight is 487 g/mol. The fraction of sp³-hybridized carbons (Fsp3) is 0.214. The number of carbonyl (C=O) groups excluding carboxylic acids is 2. The number of carbonyl (C=O) groups is 2. The molecule has 0 saturated carbocycles. The van der Waals surface area contributed by atoms with Gasteiger partial charge in [0.05, 0.1) is 27.9 Å². The number of rotatable bonds is 6. The van der Waals surface area contributed by atoms with Crippen LogP contribution in [0.1, 0.15) is 17.3 Å². The van der Waals surface area contributed by atoms with E-state index in [2.05, 4.69) is 4.90 Å². The zero-order chi connectivity index (χ0) is 25.3. The van der Waals surface area contributed by atoms with Gasteiger partial charge in [-0.25, -0.2) is 9.59 Å². The van der Waals surface area contributed by atoms with Crippen LogP contribution in [-0.2, 0) is 29.4 Å². The van der Waals surface area contributed by atoms with Crippen LogP contribution in [0.5, 0.6) is 5.75 Å². The Morgan fingerprint density at radius 3 is 2.03 bits per heavy atom. The van der Waals surface area contributed by atoms with E-state index >= 15 is 0 Å². The molecule has 3 aromatic rings. The van der Waals surface area contributed by atoms with Crippen molar-refractivity contribution < 1.29 is 28.6 Å². The number of nitrogens with zero attached hydrogens (tertiary/aromatic N) is 2. The van der Waals surface area contributed by atoms with Crippen LogP contribution in [0.4, 0.5) is 5.69 Å². The molecule has 0 amide bonds. The molecule has 2 atom stereocenters. The van der Waals surface area contributed by atoms with Crippen molar-refractivity contribution in [1.29, 1.82) is 0 Å². The van der Waals surface area contributed by atoms with E-state index in [0.29, 0.717) is 6.54 Å². The third kappa shape index (κ3) is 3.58. The Hall–Kier alpha value is -4.30. The maximum atomic E-state index is 13.3. The molecule has 2 aliphatic rings. The maximum Gasteiger partial charge on any atom is 0.376 e. The standard InChI is InChI=1S/C28H26N2O6/c1-33-22-16-14-21(15-17-22)29-18-28(20-12-8-5-9-13-20)23(26(31)34-2)24(27(32)35-3)36-30(28)25(29)19-10-6-4-7-11-19/h4-17,25H,18H2,1-3H3/t25-,28-/m0/s1. The number of methoxy groups -OCH3 is 3. The smallest absolute Gasteiger partial charge is 0.376 e. The molecule has 36 heavy (non-hydrogen) atoms. The highest BCUT2D eigenvalue weighted by Crippen LogP contribution is 2.56. The fourth-order valence-electron chi connectivity index (χ4n) is 5.01. The normalized spacial score (nSPS) is 21.1. The van der Waals surface area contributed by atoms with Gasteiger partial charge < -0.3 is 23.9 Å². The molecule has 0 radical (unpaired) electrons. The second-order valence-electron chi connectivity index (χ2n) is 8.44. The number of fused-ring (bicyclic) bond motifs is 1. The summed E-state index contributed by atoms with van der Waals surface area (Å²) in [4.78, 5) is 34.6. The van der Waals surface area contributed by atoms with Gasteiger partial charge in [0.1, 0.15) is 23.0 Å². The highest BCUT2D eigenvalue weighted by Gasteiger charge is 2.64. The first-order valence-electron chi connectivity index (χ1n) is 11.4. The lowest BCUT2D eigenvalue weighted by Gasteiger charge is -2.33. The van der Waals surface area contributed by atoms with Gasteiger partial charge in [0.15, 0.2) is 0 Å². The Labute approximate surface area is 209 Å². The minimum Gasteiger partial charge on any atom is -0.497 e. The van der Waals surface area contributed by atoms with Crippen molar-refractivity contribution in [2.45, 2.75) is 11.7 Å². The van der Waals surface area contributed by atoms with Crippen LogP contribution in [-0.4, -0.2) is 44.9 Å². The summed E-state index contributed by atoms with van der Waals surface area (Å²) in [6, 6.07) is 27.0. The number of benzene rings is 3. The fourth-order valence-corrected chi connectivity index (χ4v) is 5.01. The Kier molecular flexibility index (Phi) is 6.12. The summed E-state index contributed by atoms with van der Waals surface area (Å²) < 4.78 is 15.5. The van der Waals surface area contributed by atoms with Crippen molar-refractivity contribution in [3.63, 3.8) is 0 Å². The van der Waals surface area contributed by atoms with E-state index in [0.717, 1.165) is 22.6 Å². The largest absolute Gasteiger partial charge is 0.497 e. The van der Waals surface area contributed by atoms with Gasteiger partial charge in [-0.15, -0.1) is 0 Å². The molecule has 0 spiro atoms. The van der Waals surface area contributed by atoms with Crippen molar-refractivity contribution in [3.05, 3.63) is 107 Å². The second-order valence-corrected chi connectivity index (χ2v) is 8.44. The minimum atomic E-state index is -1.15. The van der Waals surface area contributed by atoms with E-state index in [1.54, 1.807) is 12.2 Å². The molecule has 8 heteroatoms. The summed E-state index contributed by atoms with van der Waals surface area (Å²) >= 11 is 0. The summed E-state index contributed by atoms with van der Waals surface area (Å²) in [5.41, 5.74) is 1.53. The highest BCUT2D eigenvalue weighted by molar-refractivity contribution is 6.02. The zero-order valence-electron chi connectivity index (χ0n) is 20.2. The summed E-state index contributed by atoms with van der Waals surface area (Å²) in [6.45, 7) is 0.299. The quantitative estimate of drug-likeness (QED) is 0.485. The van der Waals surface area contributed by atoms with E-state index < -0.39 is 23.6 Å². The van der Waals surface area contributed by atoms with Crippen LogP contribution in [0.3, 0.4) is 0 Å². The van der Waals surface area contributed by atoms with Crippen LogP contribution in [0.15, 0.2) is 96.3 Å². The number of anilines is 1. The summed E-state index contributed by atoms with van der Waals surface area (Å²) in [7, 11) is 4.16. The maximum absolute atomic E-state index is 13.3. The Morgan fingerprint density at radius 1 is 0.833 bits per heavy atom. The first kappa shape index (κ1) is 23.4. The predicted octanol–water partition coefficient (Wildman–Crippen LogP) is 3.96. The van der Waals surface area contributed by atoms with Crippen molar-refractivity contribution in [3.8, 4) is 5.75 Å². The van der Waals surface area contributed by atoms with Crippen molar-refractivity contribution >= 4 is 17.6 Å². The Bertz CT molecular complexity index is 1290. The molecule has 0 unspecified atom stereocenters. The van der Waals surface area contributed by atoms with E-state index in [1.165, 1.54) is 14.2 Å². The average Bonchev–Trinajstić information content (AvgIpc) is 3.45. The van der Waals surface area contributed by atoms with Crippen LogP contribution < -0.4 is 9.64 Å². The van der Waals surface area contributed by atoms with E-state index in [4.69, 9.17) is 19.0 Å². The van der Waals surface area contributed by atoms with Gasteiger partial charge in [0.2, 0.25) is 5.76 Å². The molecule has 5 rings (SSSR count). The molecule has 2 aliphatic heterocycles. The van der Waals surface area contributed by atoms with Gasteiger partial charge in [-0.2, -0.15) is 0 Å². The topological polar surface area (TPSA) is 77.5 Å². The molecule has 0 N–H and O–H groups in total. The lowest BCUT2D eigenvalue weighted by Crippen LogP contribution is -2.43. The van der Waals surface area contributed by atoms with Crippen molar-refractivity contribution in [2.75, 3.05) is 32.8 Å². The SMILES string of the molecule is COC(=O)C1=C(C(=O)OC)[C@@]2(c3ccccc3)CN(c3ccc(OC)cc3)[C@H](c3ccccc3)N2O1. The Morgan fingerprint density at radius 2 is 1.44 bits per heavy atom. The first-order chi connectivity index (χ1) is 17.5. The number of hydroxylamine groups is 2. The monoisotopic (exact) mass is 486 g/mol. The summed E-state index contributed by atoms with van der Waals surface area (Å²) in [6.07, 6.45) is -0.485. The van der Waals surface area contributed by atoms with Crippen LogP contribution in [0.25, 0.3) is 0 Å². The molecule has 1 fully saturated rings. The van der Waals surface area contributed by atoms with Crippen LogP contribution in [0.2, 0.25) is 0 Å². The minimum absolute atomic E-state index is 0.0972. The van der Waals surface area contributed by atoms with E-state index in [-0.39, 0.29) is 11.3 Å². The third-order valence-corrected chi connectivity index (χ3v) is 6.64. The van der Waals surface area contributed by atoms with Gasteiger partial charge in [-0.05, 0) is 35.4 Å². The molecule has 0 aromatic heterocycles. The van der Waals surface area contributed by atoms with Crippen molar-refractivity contribution in [1.82, 2.24) is 5.06 Å². The third-order valence-electron chi connectivity index (χ3n) is 6.64. The van der Waals surface area contributed by atoms with E-state index in [9.17, 15) is 9.59 Å². The zero-order valence-corrected chi connectivity index (χ0v) is 20.2. The molecule has 0 aliphatic carbocycles. The Balaban J connectivity index is 1.77. The molecule has 3 aromatic carbocycles. The second kappa shape index (κ2) is 9.39. The molecule has 2 heterocycles. The number of hydrogen-bond acceptors (Lipinski definition) is 8. The summed E-state index contributed by atoms with van der Waals surface area (Å²) in [5, 5.41) is 1.71. The predicted molar refractivity (Wildman–Crippen MR) is 132 cm³/mol. The molecular formula is C28H26N2O6. The van der Waals surface area contributed by atoms with Gasteiger partial charge >= 0.3 is 11.9 Å². The molecule has 0 bridgehead atoms. The van der Waals surface area contributed by atoms with Crippen LogP contribution in [0, 0.1) is 0 Å². The number of esters is 2. The lowest BCUT2D eigenvalue weighted by atomic mass is 9.82. The number of hydrogen-bond donors (Lipinski definition) is 0. The van der Waals surface area contributed by atoms with E-state index in [1.807, 2.05) is 84.9 Å². The molecule has 1 saturated heterocycles. The van der Waals surface area contributed by atoms with Gasteiger partial charge in [-0.3, -0.25) is 0 Å². The molecule has 184 valence electrons. The summed E-state index contributed by atoms with van der Waals surface area (Å²) in [5.74, 6) is -0.858. The first-order valence-corrected chi connectivity index (χ1v) is 11.4.